The second kappa shape index (κ2) is 16.1. The number of sulfonamides is 1. The van der Waals surface area contributed by atoms with E-state index in [1.807, 2.05) is 75.4 Å². The highest BCUT2D eigenvalue weighted by atomic mass is 32.2. The third-order valence-corrected chi connectivity index (χ3v) is 9.74. The molecule has 1 unspecified atom stereocenters. The molecular weight excluding hydrogens is 614 g/mol. The number of aryl methyl sites for hydroxylation is 2. The van der Waals surface area contributed by atoms with Crippen LogP contribution >= 0.6 is 0 Å². The SMILES string of the molecule is CCCNC(=O)C(Cc1ccccc1)N(Cc1ccccc1C)C(=O)CN(c1cc(OC)ccc1OC)S(=O)(=O)c1ccc(C)cc1. The van der Waals surface area contributed by atoms with Crippen molar-refractivity contribution in [3.8, 4) is 11.5 Å². The Balaban J connectivity index is 1.87. The first kappa shape index (κ1) is 35.0. The average molecular weight is 658 g/mol. The van der Waals surface area contributed by atoms with Crippen LogP contribution in [0.5, 0.6) is 11.5 Å². The Morgan fingerprint density at radius 1 is 0.851 bits per heavy atom. The molecule has 1 atom stereocenters. The molecule has 0 bridgehead atoms. The molecule has 1 N–H and O–H groups in total. The number of nitrogens with one attached hydrogen (secondary N) is 1. The largest absolute Gasteiger partial charge is 0.497 e. The van der Waals surface area contributed by atoms with E-state index in [9.17, 15) is 18.0 Å². The summed E-state index contributed by atoms with van der Waals surface area (Å²) in [6, 6.07) is 27.4. The molecule has 4 aromatic carbocycles. The minimum Gasteiger partial charge on any atom is -0.497 e. The summed E-state index contributed by atoms with van der Waals surface area (Å²) in [6.45, 7) is 5.69. The third-order valence-electron chi connectivity index (χ3n) is 7.96. The fourth-order valence-electron chi connectivity index (χ4n) is 5.23. The molecule has 0 heterocycles. The summed E-state index contributed by atoms with van der Waals surface area (Å²) in [4.78, 5) is 30.0. The molecule has 2 amide bonds. The first-order valence-corrected chi connectivity index (χ1v) is 17.0. The van der Waals surface area contributed by atoms with Gasteiger partial charge in [0.2, 0.25) is 11.8 Å². The molecule has 10 heteroatoms. The van der Waals surface area contributed by atoms with E-state index >= 15 is 0 Å². The van der Waals surface area contributed by atoms with Crippen LogP contribution < -0.4 is 19.1 Å². The molecule has 47 heavy (non-hydrogen) atoms. The smallest absolute Gasteiger partial charge is 0.264 e. The number of hydrogen-bond acceptors (Lipinski definition) is 6. The van der Waals surface area contributed by atoms with Gasteiger partial charge < -0.3 is 19.7 Å². The predicted molar refractivity (Wildman–Crippen MR) is 184 cm³/mol. The predicted octanol–water partition coefficient (Wildman–Crippen LogP) is 5.68. The van der Waals surface area contributed by atoms with Gasteiger partial charge in [0.05, 0.1) is 24.8 Å². The number of carbonyl (C=O) groups excluding carboxylic acids is 2. The van der Waals surface area contributed by atoms with Gasteiger partial charge in [0, 0.05) is 25.6 Å². The van der Waals surface area contributed by atoms with E-state index in [0.29, 0.717) is 18.7 Å². The summed E-state index contributed by atoms with van der Waals surface area (Å²) in [7, 11) is -1.40. The number of carbonyl (C=O) groups is 2. The van der Waals surface area contributed by atoms with Crippen molar-refractivity contribution in [2.75, 3.05) is 31.6 Å². The number of anilines is 1. The zero-order chi connectivity index (χ0) is 34.0. The lowest BCUT2D eigenvalue weighted by Crippen LogP contribution is -2.53. The molecule has 0 saturated carbocycles. The van der Waals surface area contributed by atoms with E-state index in [-0.39, 0.29) is 35.2 Å². The van der Waals surface area contributed by atoms with Gasteiger partial charge in [0.15, 0.2) is 0 Å². The number of nitrogens with zero attached hydrogens (tertiary/aromatic N) is 2. The Hall–Kier alpha value is -4.83. The summed E-state index contributed by atoms with van der Waals surface area (Å²) < 4.78 is 40.9. The lowest BCUT2D eigenvalue weighted by atomic mass is 10.0. The van der Waals surface area contributed by atoms with Crippen molar-refractivity contribution in [3.05, 3.63) is 119 Å². The van der Waals surface area contributed by atoms with Crippen molar-refractivity contribution < 1.29 is 27.5 Å². The van der Waals surface area contributed by atoms with Crippen LogP contribution in [0, 0.1) is 13.8 Å². The fourth-order valence-corrected chi connectivity index (χ4v) is 6.65. The van der Waals surface area contributed by atoms with Crippen molar-refractivity contribution in [2.24, 2.45) is 0 Å². The standard InChI is InChI=1S/C37H43N3O6S/c1-6-22-38-37(42)34(23-29-13-8-7-9-14-29)39(25-30-15-11-10-12-28(30)3)36(41)26-40(33-24-31(45-4)18-21-35(33)46-5)47(43,44)32-19-16-27(2)17-20-32/h7-21,24,34H,6,22-23,25-26H2,1-5H3,(H,38,42). The van der Waals surface area contributed by atoms with Gasteiger partial charge in [0.25, 0.3) is 10.0 Å². The summed E-state index contributed by atoms with van der Waals surface area (Å²) in [6.07, 6.45) is 0.953. The van der Waals surface area contributed by atoms with Crippen molar-refractivity contribution in [1.29, 1.82) is 0 Å². The molecule has 0 aromatic heterocycles. The Bertz CT molecular complexity index is 1760. The van der Waals surface area contributed by atoms with Crippen LogP contribution in [0.1, 0.15) is 35.6 Å². The second-order valence-electron chi connectivity index (χ2n) is 11.3. The average Bonchev–Trinajstić information content (AvgIpc) is 3.08. The number of benzene rings is 4. The van der Waals surface area contributed by atoms with E-state index in [1.165, 1.54) is 37.3 Å². The number of amides is 2. The van der Waals surface area contributed by atoms with Gasteiger partial charge in [-0.3, -0.25) is 13.9 Å². The second-order valence-corrected chi connectivity index (χ2v) is 13.2. The van der Waals surface area contributed by atoms with Crippen LogP contribution in [0.4, 0.5) is 5.69 Å². The van der Waals surface area contributed by atoms with Gasteiger partial charge in [0.1, 0.15) is 24.1 Å². The highest BCUT2D eigenvalue weighted by Gasteiger charge is 2.36. The summed E-state index contributed by atoms with van der Waals surface area (Å²) in [5.41, 5.74) is 3.67. The van der Waals surface area contributed by atoms with Crippen LogP contribution in [0.15, 0.2) is 102 Å². The normalized spacial score (nSPS) is 11.8. The van der Waals surface area contributed by atoms with E-state index < -0.39 is 28.5 Å². The lowest BCUT2D eigenvalue weighted by molar-refractivity contribution is -0.140. The summed E-state index contributed by atoms with van der Waals surface area (Å²) >= 11 is 0. The van der Waals surface area contributed by atoms with Gasteiger partial charge in [-0.25, -0.2) is 8.42 Å². The van der Waals surface area contributed by atoms with E-state index in [4.69, 9.17) is 9.47 Å². The van der Waals surface area contributed by atoms with Gasteiger partial charge >= 0.3 is 0 Å². The van der Waals surface area contributed by atoms with Crippen molar-refractivity contribution in [3.63, 3.8) is 0 Å². The minimum atomic E-state index is -4.31. The third kappa shape index (κ3) is 8.71. The molecule has 0 saturated heterocycles. The Kier molecular flexibility index (Phi) is 12.0. The maximum atomic E-state index is 14.7. The lowest BCUT2D eigenvalue weighted by Gasteiger charge is -2.34. The maximum absolute atomic E-state index is 14.7. The molecule has 248 valence electrons. The molecule has 0 radical (unpaired) electrons. The van der Waals surface area contributed by atoms with Crippen molar-refractivity contribution >= 4 is 27.5 Å². The van der Waals surface area contributed by atoms with Crippen LogP contribution in [0.25, 0.3) is 0 Å². The number of methoxy groups -OCH3 is 2. The molecule has 0 aliphatic carbocycles. The van der Waals surface area contributed by atoms with Gasteiger partial charge in [-0.1, -0.05) is 79.2 Å². The molecule has 9 nitrogen and oxygen atoms in total. The Morgan fingerprint density at radius 3 is 2.17 bits per heavy atom. The zero-order valence-electron chi connectivity index (χ0n) is 27.6. The summed E-state index contributed by atoms with van der Waals surface area (Å²) in [5, 5.41) is 2.97. The fraction of sp³-hybridized carbons (Fsp3) is 0.297. The molecule has 0 spiro atoms. The molecule has 4 rings (SSSR count). The van der Waals surface area contributed by atoms with Crippen molar-refractivity contribution in [1.82, 2.24) is 10.2 Å². The first-order chi connectivity index (χ1) is 22.6. The molecule has 0 aliphatic heterocycles. The molecule has 4 aromatic rings. The minimum absolute atomic E-state index is 0.00718. The van der Waals surface area contributed by atoms with Crippen LogP contribution in [-0.4, -0.2) is 58.5 Å². The topological polar surface area (TPSA) is 105 Å². The van der Waals surface area contributed by atoms with E-state index in [0.717, 1.165) is 26.6 Å². The van der Waals surface area contributed by atoms with Crippen LogP contribution in [0.3, 0.4) is 0 Å². The van der Waals surface area contributed by atoms with Gasteiger partial charge in [-0.05, 0) is 61.2 Å². The van der Waals surface area contributed by atoms with Gasteiger partial charge in [-0.15, -0.1) is 0 Å². The number of hydrogen-bond donors (Lipinski definition) is 1. The molecule has 0 aliphatic rings. The molecule has 0 fully saturated rings. The quantitative estimate of drug-likeness (QED) is 0.176. The zero-order valence-corrected chi connectivity index (χ0v) is 28.4. The number of ether oxygens (including phenoxy) is 2. The first-order valence-electron chi connectivity index (χ1n) is 15.6. The van der Waals surface area contributed by atoms with E-state index in [2.05, 4.69) is 5.32 Å². The highest BCUT2D eigenvalue weighted by molar-refractivity contribution is 7.92. The number of rotatable bonds is 15. The Morgan fingerprint density at radius 2 is 1.53 bits per heavy atom. The Labute approximate surface area is 278 Å². The van der Waals surface area contributed by atoms with Crippen LogP contribution in [-0.2, 0) is 32.6 Å². The van der Waals surface area contributed by atoms with Gasteiger partial charge in [-0.2, -0.15) is 0 Å². The molecular formula is C37H43N3O6S. The van der Waals surface area contributed by atoms with Crippen molar-refractivity contribution in [2.45, 2.75) is 51.1 Å². The highest BCUT2D eigenvalue weighted by Crippen LogP contribution is 2.36. The van der Waals surface area contributed by atoms with E-state index in [1.54, 1.807) is 24.3 Å². The monoisotopic (exact) mass is 657 g/mol. The van der Waals surface area contributed by atoms with Crippen LogP contribution in [0.2, 0.25) is 0 Å². The summed E-state index contributed by atoms with van der Waals surface area (Å²) in [5.74, 6) is -0.248. The maximum Gasteiger partial charge on any atom is 0.264 e.